The van der Waals surface area contributed by atoms with Crippen LogP contribution in [0, 0.1) is 0 Å². The van der Waals surface area contributed by atoms with E-state index in [2.05, 4.69) is 43.5 Å². The van der Waals surface area contributed by atoms with E-state index in [4.69, 9.17) is 0 Å². The highest BCUT2D eigenvalue weighted by Gasteiger charge is 2.17. The third kappa shape index (κ3) is 35.9. The highest BCUT2D eigenvalue weighted by Crippen LogP contribution is 2.15. The second kappa shape index (κ2) is 40.0. The molecule has 0 aliphatic rings. The van der Waals surface area contributed by atoms with Crippen molar-refractivity contribution in [1.29, 1.82) is 0 Å². The standard InChI is InChI=1S/C44H83NO3/c1-3-5-7-9-11-13-15-17-19-21-22-23-24-25-27-29-31-33-35-37-39-43(47)42(41-46)45-44(48)40-38-36-34-32-30-28-26-20-18-16-14-12-10-8-6-4-2/h23-24,29,31,37,39,42-43,46-47H,3-22,25-28,30,32-36,38,40-41H2,1-2H3,(H,45,48)/b24-23+,31-29+,39-37+. The van der Waals surface area contributed by atoms with Crippen LogP contribution in [0.15, 0.2) is 36.5 Å². The average molecular weight is 674 g/mol. The third-order valence-corrected chi connectivity index (χ3v) is 9.60. The highest BCUT2D eigenvalue weighted by atomic mass is 16.3. The molecule has 0 bridgehead atoms. The third-order valence-electron chi connectivity index (χ3n) is 9.60. The van der Waals surface area contributed by atoms with Crippen molar-refractivity contribution < 1.29 is 15.0 Å². The van der Waals surface area contributed by atoms with Crippen molar-refractivity contribution in [3.05, 3.63) is 36.5 Å². The summed E-state index contributed by atoms with van der Waals surface area (Å²) in [5, 5.41) is 23.0. The van der Waals surface area contributed by atoms with Crippen LogP contribution in [0.2, 0.25) is 0 Å². The van der Waals surface area contributed by atoms with Gasteiger partial charge in [0.15, 0.2) is 0 Å². The molecule has 4 heteroatoms. The molecule has 0 aromatic heterocycles. The Hall–Kier alpha value is -1.39. The van der Waals surface area contributed by atoms with Crippen molar-refractivity contribution in [2.45, 2.75) is 231 Å². The van der Waals surface area contributed by atoms with E-state index >= 15 is 0 Å². The van der Waals surface area contributed by atoms with Crippen LogP contribution < -0.4 is 5.32 Å². The van der Waals surface area contributed by atoms with Gasteiger partial charge in [0.25, 0.3) is 0 Å². The summed E-state index contributed by atoms with van der Waals surface area (Å²) in [6, 6.07) is -0.641. The first-order valence-corrected chi connectivity index (χ1v) is 21.2. The van der Waals surface area contributed by atoms with E-state index < -0.39 is 12.1 Å². The molecule has 0 aromatic carbocycles. The molecule has 0 aliphatic heterocycles. The number of nitrogens with one attached hydrogen (secondary N) is 1. The van der Waals surface area contributed by atoms with Crippen LogP contribution in [0.5, 0.6) is 0 Å². The zero-order valence-corrected chi connectivity index (χ0v) is 32.3. The first kappa shape index (κ1) is 46.6. The summed E-state index contributed by atoms with van der Waals surface area (Å²) in [5.41, 5.74) is 0. The van der Waals surface area contributed by atoms with Crippen molar-refractivity contribution in [2.75, 3.05) is 6.61 Å². The molecule has 2 atom stereocenters. The normalized spacial score (nSPS) is 13.3. The number of carbonyl (C=O) groups is 1. The number of rotatable bonds is 38. The summed E-state index contributed by atoms with van der Waals surface area (Å²) in [7, 11) is 0. The maximum atomic E-state index is 12.4. The number of hydrogen-bond acceptors (Lipinski definition) is 3. The van der Waals surface area contributed by atoms with Gasteiger partial charge in [0.1, 0.15) is 0 Å². The van der Waals surface area contributed by atoms with Gasteiger partial charge in [0.05, 0.1) is 18.8 Å². The van der Waals surface area contributed by atoms with Crippen molar-refractivity contribution in [1.82, 2.24) is 5.32 Å². The molecule has 4 nitrogen and oxygen atoms in total. The van der Waals surface area contributed by atoms with E-state index in [1.165, 1.54) is 161 Å². The van der Waals surface area contributed by atoms with Crippen LogP contribution in [0.4, 0.5) is 0 Å². The Balaban J connectivity index is 3.64. The maximum absolute atomic E-state index is 12.4. The molecule has 0 saturated carbocycles. The molecule has 0 rings (SSSR count). The lowest BCUT2D eigenvalue weighted by Crippen LogP contribution is -2.45. The Morgan fingerprint density at radius 1 is 0.479 bits per heavy atom. The molecule has 0 aliphatic carbocycles. The van der Waals surface area contributed by atoms with Gasteiger partial charge in [-0.15, -0.1) is 0 Å². The quantitative estimate of drug-likeness (QED) is 0.0451. The monoisotopic (exact) mass is 674 g/mol. The van der Waals surface area contributed by atoms with Gasteiger partial charge in [0, 0.05) is 6.42 Å². The summed E-state index contributed by atoms with van der Waals surface area (Å²) in [6.45, 7) is 4.30. The van der Waals surface area contributed by atoms with Crippen molar-refractivity contribution in [2.24, 2.45) is 0 Å². The van der Waals surface area contributed by atoms with Crippen LogP contribution in [-0.2, 0) is 4.79 Å². The average Bonchev–Trinajstić information content (AvgIpc) is 3.09. The van der Waals surface area contributed by atoms with Gasteiger partial charge in [0.2, 0.25) is 5.91 Å². The predicted molar refractivity (Wildman–Crippen MR) is 212 cm³/mol. The Morgan fingerprint density at radius 3 is 1.21 bits per heavy atom. The number of unbranched alkanes of at least 4 members (excludes halogenated alkanes) is 27. The lowest BCUT2D eigenvalue weighted by Gasteiger charge is -2.19. The fourth-order valence-electron chi connectivity index (χ4n) is 6.33. The summed E-state index contributed by atoms with van der Waals surface area (Å²) in [4.78, 5) is 12.4. The number of hydrogen-bond donors (Lipinski definition) is 3. The van der Waals surface area contributed by atoms with Gasteiger partial charge in [-0.05, 0) is 44.9 Å². The van der Waals surface area contributed by atoms with Crippen LogP contribution in [0.1, 0.15) is 219 Å². The molecule has 282 valence electrons. The van der Waals surface area contributed by atoms with Crippen LogP contribution in [0.3, 0.4) is 0 Å². The molecular formula is C44H83NO3. The Morgan fingerprint density at radius 2 is 0.812 bits per heavy atom. The topological polar surface area (TPSA) is 69.6 Å². The Kier molecular flexibility index (Phi) is 38.9. The largest absolute Gasteiger partial charge is 0.394 e. The first-order valence-electron chi connectivity index (χ1n) is 21.2. The Bertz CT molecular complexity index is 731. The minimum absolute atomic E-state index is 0.0765. The van der Waals surface area contributed by atoms with Gasteiger partial charge in [-0.1, -0.05) is 204 Å². The van der Waals surface area contributed by atoms with Gasteiger partial charge in [-0.3, -0.25) is 4.79 Å². The molecule has 0 fully saturated rings. The summed E-state index contributed by atoms with van der Waals surface area (Å²) in [5.74, 6) is -0.0765. The van der Waals surface area contributed by atoms with E-state index in [1.54, 1.807) is 6.08 Å². The molecule has 2 unspecified atom stereocenters. The minimum Gasteiger partial charge on any atom is -0.394 e. The zero-order valence-electron chi connectivity index (χ0n) is 32.3. The fourth-order valence-corrected chi connectivity index (χ4v) is 6.33. The van der Waals surface area contributed by atoms with E-state index in [1.807, 2.05) is 6.08 Å². The van der Waals surface area contributed by atoms with Gasteiger partial charge < -0.3 is 15.5 Å². The second-order valence-corrected chi connectivity index (χ2v) is 14.4. The summed E-state index contributed by atoms with van der Waals surface area (Å²) < 4.78 is 0. The van der Waals surface area contributed by atoms with Crippen LogP contribution in [0.25, 0.3) is 0 Å². The maximum Gasteiger partial charge on any atom is 0.220 e. The van der Waals surface area contributed by atoms with Crippen molar-refractivity contribution >= 4 is 5.91 Å². The summed E-state index contributed by atoms with van der Waals surface area (Å²) in [6.07, 6.45) is 52.5. The van der Waals surface area contributed by atoms with Crippen molar-refractivity contribution in [3.63, 3.8) is 0 Å². The molecule has 0 radical (unpaired) electrons. The van der Waals surface area contributed by atoms with Gasteiger partial charge in [-0.25, -0.2) is 0 Å². The molecule has 48 heavy (non-hydrogen) atoms. The zero-order chi connectivity index (χ0) is 35.0. The van der Waals surface area contributed by atoms with Gasteiger partial charge in [-0.2, -0.15) is 0 Å². The minimum atomic E-state index is -0.866. The van der Waals surface area contributed by atoms with Crippen LogP contribution >= 0.6 is 0 Å². The summed E-state index contributed by atoms with van der Waals surface area (Å²) >= 11 is 0. The number of aliphatic hydroxyl groups is 2. The second-order valence-electron chi connectivity index (χ2n) is 14.4. The highest BCUT2D eigenvalue weighted by molar-refractivity contribution is 5.76. The predicted octanol–water partition coefficient (Wildman–Crippen LogP) is 13.0. The SMILES string of the molecule is CCCCCCCCCCCC/C=C/CC/C=C/CC/C=C/C(O)C(CO)NC(=O)CCCCCCCCCCCCCCCCCC. The van der Waals surface area contributed by atoms with Crippen molar-refractivity contribution in [3.8, 4) is 0 Å². The molecule has 1 amide bonds. The number of allylic oxidation sites excluding steroid dienone is 5. The number of aliphatic hydroxyl groups excluding tert-OH is 2. The smallest absolute Gasteiger partial charge is 0.220 e. The first-order chi connectivity index (χ1) is 23.7. The van der Waals surface area contributed by atoms with E-state index in [9.17, 15) is 15.0 Å². The van der Waals surface area contributed by atoms with Gasteiger partial charge >= 0.3 is 0 Å². The molecule has 0 spiro atoms. The lowest BCUT2D eigenvalue weighted by molar-refractivity contribution is -0.123. The van der Waals surface area contributed by atoms with E-state index in [-0.39, 0.29) is 12.5 Å². The molecule has 3 N–H and O–H groups in total. The molecule has 0 heterocycles. The molecule has 0 saturated heterocycles. The molecular weight excluding hydrogens is 590 g/mol. The molecule has 0 aromatic rings. The fraction of sp³-hybridized carbons (Fsp3) is 0.841. The number of carbonyl (C=O) groups excluding carboxylic acids is 1. The lowest BCUT2D eigenvalue weighted by atomic mass is 10.0. The van der Waals surface area contributed by atoms with E-state index in [0.29, 0.717) is 6.42 Å². The Labute approximate surface area is 300 Å². The van der Waals surface area contributed by atoms with E-state index in [0.717, 1.165) is 38.5 Å². The number of amides is 1. The van der Waals surface area contributed by atoms with Crippen LogP contribution in [-0.4, -0.2) is 34.9 Å².